The average molecular weight is 341 g/mol. The zero-order chi connectivity index (χ0) is 16.1. The van der Waals surface area contributed by atoms with Gasteiger partial charge in [-0.1, -0.05) is 11.6 Å². The van der Waals surface area contributed by atoms with Crippen molar-refractivity contribution in [1.82, 2.24) is 30.2 Å². The zero-order valence-electron chi connectivity index (χ0n) is 12.1. The summed E-state index contributed by atoms with van der Waals surface area (Å²) < 4.78 is 12.3. The van der Waals surface area contributed by atoms with Crippen LogP contribution in [0.5, 0.6) is 11.5 Å². The van der Waals surface area contributed by atoms with Crippen LogP contribution in [0.2, 0.25) is 5.02 Å². The van der Waals surface area contributed by atoms with Gasteiger partial charge < -0.3 is 14.5 Å². The van der Waals surface area contributed by atoms with Gasteiger partial charge in [0, 0.05) is 11.6 Å². The van der Waals surface area contributed by atoms with E-state index in [1.165, 1.54) is 6.33 Å². The number of benzene rings is 2. The highest BCUT2D eigenvalue weighted by atomic mass is 35.5. The Bertz CT molecular complexity index is 1060. The van der Waals surface area contributed by atoms with Crippen molar-refractivity contribution in [2.24, 2.45) is 0 Å². The van der Waals surface area contributed by atoms with Gasteiger partial charge >= 0.3 is 0 Å². The van der Waals surface area contributed by atoms with Gasteiger partial charge in [-0.15, -0.1) is 5.10 Å². The van der Waals surface area contributed by atoms with Crippen molar-refractivity contribution in [3.05, 3.63) is 41.7 Å². The van der Waals surface area contributed by atoms with Gasteiger partial charge in [0.05, 0.1) is 21.7 Å². The van der Waals surface area contributed by atoms with Gasteiger partial charge in [-0.2, -0.15) is 0 Å². The summed E-state index contributed by atoms with van der Waals surface area (Å²) in [6.45, 7) is 0.199. The second-order valence-corrected chi connectivity index (χ2v) is 5.63. The molecule has 1 aliphatic rings. The number of rotatable bonds is 2. The van der Waals surface area contributed by atoms with E-state index in [-0.39, 0.29) is 6.79 Å². The number of nitrogens with one attached hydrogen (secondary N) is 1. The Morgan fingerprint density at radius 3 is 2.83 bits per heavy atom. The smallest absolute Gasteiger partial charge is 0.231 e. The molecule has 2 aromatic heterocycles. The fourth-order valence-electron chi connectivity index (χ4n) is 2.65. The van der Waals surface area contributed by atoms with Crippen LogP contribution in [-0.2, 0) is 0 Å². The first-order valence-corrected chi connectivity index (χ1v) is 7.48. The Morgan fingerprint density at radius 1 is 1.12 bits per heavy atom. The summed E-state index contributed by atoms with van der Waals surface area (Å²) in [5, 5.41) is 11.7. The topological polar surface area (TPSA) is 90.7 Å². The van der Waals surface area contributed by atoms with Gasteiger partial charge in [-0.05, 0) is 34.7 Å². The number of hydrogen-bond acceptors (Lipinski definition) is 6. The van der Waals surface area contributed by atoms with E-state index in [4.69, 9.17) is 21.1 Å². The van der Waals surface area contributed by atoms with Crippen LogP contribution in [0.1, 0.15) is 0 Å². The van der Waals surface area contributed by atoms with Crippen molar-refractivity contribution in [3.8, 4) is 28.6 Å². The summed E-state index contributed by atoms with van der Waals surface area (Å²) in [7, 11) is 0. The molecule has 0 spiro atoms. The molecule has 3 heterocycles. The summed E-state index contributed by atoms with van der Waals surface area (Å²) in [5.41, 5.74) is 3.25. The van der Waals surface area contributed by atoms with Crippen LogP contribution >= 0.6 is 11.6 Å². The predicted octanol–water partition coefficient (Wildman–Crippen LogP) is 2.59. The third kappa shape index (κ3) is 2.00. The number of fused-ring (bicyclic) bond motifs is 2. The van der Waals surface area contributed by atoms with Crippen molar-refractivity contribution in [2.75, 3.05) is 6.79 Å². The molecule has 0 unspecified atom stereocenters. The quantitative estimate of drug-likeness (QED) is 0.603. The molecule has 24 heavy (non-hydrogen) atoms. The third-order valence-electron chi connectivity index (χ3n) is 3.80. The molecule has 1 aliphatic heterocycles. The lowest BCUT2D eigenvalue weighted by molar-refractivity contribution is 0.174. The number of halogens is 1. The fourth-order valence-corrected chi connectivity index (χ4v) is 2.89. The van der Waals surface area contributed by atoms with E-state index in [1.807, 2.05) is 24.3 Å². The second-order valence-electron chi connectivity index (χ2n) is 5.23. The van der Waals surface area contributed by atoms with Crippen LogP contribution in [0.3, 0.4) is 0 Å². The molecule has 9 heteroatoms. The third-order valence-corrected chi connectivity index (χ3v) is 4.11. The second kappa shape index (κ2) is 4.93. The minimum absolute atomic E-state index is 0.199. The fraction of sp³-hybridized carbons (Fsp3) is 0.0667. The normalized spacial score (nSPS) is 12.9. The standard InChI is InChI=1S/C15H9ClN6O2/c16-10-5-14-13(23-7-24-14)4-9(10)15-18-11-2-1-8(3-12(11)19-15)22-6-17-20-21-22/h1-6H,7H2,(H,18,19). The molecule has 0 radical (unpaired) electrons. The monoisotopic (exact) mass is 340 g/mol. The van der Waals surface area contributed by atoms with Crippen LogP contribution in [-0.4, -0.2) is 37.0 Å². The Morgan fingerprint density at radius 2 is 2.00 bits per heavy atom. The average Bonchev–Trinajstić information content (AvgIpc) is 3.32. The first kappa shape index (κ1) is 13.3. The lowest BCUT2D eigenvalue weighted by Crippen LogP contribution is -1.94. The van der Waals surface area contributed by atoms with Crippen LogP contribution in [0, 0.1) is 0 Å². The number of hydrogen-bond donors (Lipinski definition) is 1. The minimum atomic E-state index is 0.199. The maximum Gasteiger partial charge on any atom is 0.231 e. The zero-order valence-corrected chi connectivity index (χ0v) is 12.9. The van der Waals surface area contributed by atoms with Gasteiger partial charge in [-0.3, -0.25) is 0 Å². The highest BCUT2D eigenvalue weighted by Crippen LogP contribution is 2.40. The summed E-state index contributed by atoms with van der Waals surface area (Å²) in [5.74, 6) is 1.95. The van der Waals surface area contributed by atoms with E-state index in [9.17, 15) is 0 Å². The first-order chi connectivity index (χ1) is 11.8. The Hall–Kier alpha value is -3.13. The summed E-state index contributed by atoms with van der Waals surface area (Å²) in [6.07, 6.45) is 1.53. The van der Waals surface area contributed by atoms with E-state index in [0.717, 1.165) is 22.3 Å². The number of ether oxygens (including phenoxy) is 2. The van der Waals surface area contributed by atoms with E-state index in [2.05, 4.69) is 25.5 Å². The van der Waals surface area contributed by atoms with Crippen LogP contribution in [0.15, 0.2) is 36.7 Å². The molecule has 0 saturated carbocycles. The highest BCUT2D eigenvalue weighted by molar-refractivity contribution is 6.33. The maximum absolute atomic E-state index is 6.36. The molecule has 1 N–H and O–H groups in total. The largest absolute Gasteiger partial charge is 0.454 e. The number of aromatic amines is 1. The van der Waals surface area contributed by atoms with E-state index < -0.39 is 0 Å². The molecule has 0 saturated heterocycles. The number of tetrazole rings is 1. The summed E-state index contributed by atoms with van der Waals surface area (Å²) >= 11 is 6.36. The lowest BCUT2D eigenvalue weighted by Gasteiger charge is -2.03. The molecule has 0 amide bonds. The summed E-state index contributed by atoms with van der Waals surface area (Å²) in [4.78, 5) is 7.87. The van der Waals surface area contributed by atoms with Gasteiger partial charge in [0.15, 0.2) is 11.5 Å². The number of H-pyrrole nitrogens is 1. The predicted molar refractivity (Wildman–Crippen MR) is 85.4 cm³/mol. The van der Waals surface area contributed by atoms with Crippen molar-refractivity contribution in [2.45, 2.75) is 0 Å². The Labute approximate surface area is 140 Å². The molecule has 0 bridgehead atoms. The van der Waals surface area contributed by atoms with Crippen LogP contribution in [0.4, 0.5) is 0 Å². The van der Waals surface area contributed by atoms with E-state index >= 15 is 0 Å². The van der Waals surface area contributed by atoms with Gasteiger partial charge in [0.2, 0.25) is 6.79 Å². The molecule has 0 aliphatic carbocycles. The van der Waals surface area contributed by atoms with Crippen LogP contribution < -0.4 is 9.47 Å². The van der Waals surface area contributed by atoms with Crippen molar-refractivity contribution < 1.29 is 9.47 Å². The van der Waals surface area contributed by atoms with E-state index in [1.54, 1.807) is 10.7 Å². The van der Waals surface area contributed by atoms with Gasteiger partial charge in [-0.25, -0.2) is 9.67 Å². The number of aromatic nitrogens is 6. The molecular formula is C15H9ClN6O2. The molecule has 8 nitrogen and oxygen atoms in total. The SMILES string of the molecule is Clc1cc2c(cc1-c1nc3ccc(-n4cnnn4)cc3[nH]1)OCO2. The molecule has 0 atom stereocenters. The minimum Gasteiger partial charge on any atom is -0.454 e. The first-order valence-electron chi connectivity index (χ1n) is 7.10. The number of nitrogens with zero attached hydrogens (tertiary/aromatic N) is 5. The molecule has 5 rings (SSSR count). The number of imidazole rings is 1. The lowest BCUT2D eigenvalue weighted by atomic mass is 10.2. The molecule has 118 valence electrons. The molecule has 0 fully saturated rings. The Balaban J connectivity index is 1.63. The van der Waals surface area contributed by atoms with Crippen molar-refractivity contribution in [1.29, 1.82) is 0 Å². The Kier molecular flexibility index (Phi) is 2.74. The van der Waals surface area contributed by atoms with Gasteiger partial charge in [0.1, 0.15) is 12.2 Å². The highest BCUT2D eigenvalue weighted by Gasteiger charge is 2.19. The maximum atomic E-state index is 6.36. The molecular weight excluding hydrogens is 332 g/mol. The molecule has 4 aromatic rings. The van der Waals surface area contributed by atoms with Crippen LogP contribution in [0.25, 0.3) is 28.1 Å². The van der Waals surface area contributed by atoms with E-state index in [0.29, 0.717) is 22.3 Å². The van der Waals surface area contributed by atoms with Crippen molar-refractivity contribution in [3.63, 3.8) is 0 Å². The van der Waals surface area contributed by atoms with Gasteiger partial charge in [0.25, 0.3) is 0 Å². The summed E-state index contributed by atoms with van der Waals surface area (Å²) in [6, 6.07) is 9.27. The van der Waals surface area contributed by atoms with Crippen molar-refractivity contribution >= 4 is 22.6 Å². The molecule has 2 aromatic carbocycles.